The molecule has 6 nitrogen and oxygen atoms in total. The van der Waals surface area contributed by atoms with Gasteiger partial charge >= 0.3 is 0 Å². The van der Waals surface area contributed by atoms with E-state index in [1.165, 1.54) is 21.9 Å². The maximum absolute atomic E-state index is 13.2. The number of benzene rings is 2. The lowest BCUT2D eigenvalue weighted by Crippen LogP contribution is -2.51. The van der Waals surface area contributed by atoms with Gasteiger partial charge in [0.15, 0.2) is 0 Å². The van der Waals surface area contributed by atoms with E-state index in [1.54, 1.807) is 38.4 Å². The molecular weight excluding hydrogens is 383 g/mol. The highest BCUT2D eigenvalue weighted by Gasteiger charge is 2.39. The van der Waals surface area contributed by atoms with E-state index in [2.05, 4.69) is 6.07 Å². The van der Waals surface area contributed by atoms with Crippen molar-refractivity contribution in [3.05, 3.63) is 59.9 Å². The van der Waals surface area contributed by atoms with Crippen LogP contribution in [0, 0.1) is 17.1 Å². The first-order valence-electron chi connectivity index (χ1n) is 9.86. The Bertz CT molecular complexity index is 951. The smallest absolute Gasteiger partial charge is 0.241 e. The van der Waals surface area contributed by atoms with Crippen LogP contribution in [0.4, 0.5) is 4.39 Å². The highest BCUT2D eigenvalue weighted by Crippen LogP contribution is 2.28. The molecule has 1 heterocycles. The van der Waals surface area contributed by atoms with E-state index in [0.717, 1.165) is 17.5 Å². The number of rotatable bonds is 5. The normalized spacial score (nSPS) is 17.8. The molecular formula is C23H25FN4O2. The number of hydrogen-bond acceptors (Lipinski definition) is 4. The molecule has 156 valence electrons. The summed E-state index contributed by atoms with van der Waals surface area (Å²) in [6, 6.07) is 13.9. The minimum Gasteiger partial charge on any atom is -0.348 e. The summed E-state index contributed by atoms with van der Waals surface area (Å²) in [7, 11) is 3.24. The molecule has 0 spiro atoms. The minimum absolute atomic E-state index is 0.280. The summed E-state index contributed by atoms with van der Waals surface area (Å²) in [4.78, 5) is 28.8. The maximum atomic E-state index is 13.2. The van der Waals surface area contributed by atoms with Gasteiger partial charge in [-0.15, -0.1) is 0 Å². The van der Waals surface area contributed by atoms with Crippen LogP contribution in [0.2, 0.25) is 0 Å². The number of carbonyl (C=O) groups excluding carboxylic acids is 2. The van der Waals surface area contributed by atoms with E-state index in [1.807, 2.05) is 12.1 Å². The van der Waals surface area contributed by atoms with E-state index in [4.69, 9.17) is 5.73 Å². The largest absolute Gasteiger partial charge is 0.348 e. The Morgan fingerprint density at radius 2 is 1.70 bits per heavy atom. The lowest BCUT2D eigenvalue weighted by molar-refractivity contribution is -0.138. The number of nitrogens with zero attached hydrogens (tertiary/aromatic N) is 3. The lowest BCUT2D eigenvalue weighted by Gasteiger charge is -2.30. The van der Waals surface area contributed by atoms with Crippen LogP contribution in [-0.2, 0) is 9.59 Å². The van der Waals surface area contributed by atoms with Crippen LogP contribution in [0.25, 0.3) is 11.1 Å². The Kier molecular flexibility index (Phi) is 6.48. The molecule has 1 aliphatic heterocycles. The van der Waals surface area contributed by atoms with Gasteiger partial charge in [-0.05, 0) is 41.7 Å². The van der Waals surface area contributed by atoms with E-state index in [0.29, 0.717) is 18.5 Å². The monoisotopic (exact) mass is 408 g/mol. The molecule has 1 fully saturated rings. The Morgan fingerprint density at radius 3 is 2.23 bits per heavy atom. The molecule has 2 N–H and O–H groups in total. The number of hydrogen-bond donors (Lipinski definition) is 1. The van der Waals surface area contributed by atoms with Crippen molar-refractivity contribution in [2.75, 3.05) is 20.6 Å². The zero-order valence-electron chi connectivity index (χ0n) is 17.1. The van der Waals surface area contributed by atoms with Gasteiger partial charge in [0, 0.05) is 20.6 Å². The summed E-state index contributed by atoms with van der Waals surface area (Å²) in [5.74, 6) is -1.84. The van der Waals surface area contributed by atoms with Crippen molar-refractivity contribution in [3.63, 3.8) is 0 Å². The van der Waals surface area contributed by atoms with Gasteiger partial charge in [-0.2, -0.15) is 5.26 Å². The van der Waals surface area contributed by atoms with Crippen LogP contribution in [0.1, 0.15) is 24.3 Å². The van der Waals surface area contributed by atoms with Crippen LogP contribution in [0.15, 0.2) is 48.5 Å². The number of nitriles is 1. The number of likely N-dealkylation sites (N-methyl/N-ethyl adjacent to an activating group) is 1. The zero-order chi connectivity index (χ0) is 21.8. The van der Waals surface area contributed by atoms with Crippen LogP contribution in [0.5, 0.6) is 0 Å². The Balaban J connectivity index is 1.90. The quantitative estimate of drug-likeness (QED) is 0.823. The molecule has 1 saturated heterocycles. The zero-order valence-corrected chi connectivity index (χ0v) is 17.1. The molecule has 7 heteroatoms. The second-order valence-electron chi connectivity index (χ2n) is 7.68. The topological polar surface area (TPSA) is 90.4 Å². The number of likely N-dealkylation sites (tertiary alicyclic amines) is 1. The van der Waals surface area contributed by atoms with E-state index in [-0.39, 0.29) is 17.6 Å². The molecule has 0 unspecified atom stereocenters. The maximum Gasteiger partial charge on any atom is 0.241 e. The van der Waals surface area contributed by atoms with Crippen molar-refractivity contribution in [2.45, 2.75) is 30.8 Å². The van der Waals surface area contributed by atoms with Crippen molar-refractivity contribution in [2.24, 2.45) is 5.73 Å². The van der Waals surface area contributed by atoms with Gasteiger partial charge < -0.3 is 15.5 Å². The third kappa shape index (κ3) is 4.34. The van der Waals surface area contributed by atoms with E-state index in [9.17, 15) is 19.2 Å². The average molecular weight is 408 g/mol. The number of amides is 2. The van der Waals surface area contributed by atoms with Gasteiger partial charge in [0.25, 0.3) is 0 Å². The minimum atomic E-state index is -1.09. The molecule has 30 heavy (non-hydrogen) atoms. The first kappa shape index (κ1) is 21.5. The second-order valence-corrected chi connectivity index (χ2v) is 7.68. The third-order valence-corrected chi connectivity index (χ3v) is 5.48. The fourth-order valence-electron chi connectivity index (χ4n) is 3.81. The van der Waals surface area contributed by atoms with E-state index < -0.39 is 18.0 Å². The third-order valence-electron chi connectivity index (χ3n) is 5.48. The van der Waals surface area contributed by atoms with Gasteiger partial charge in [0.1, 0.15) is 17.9 Å². The molecule has 0 saturated carbocycles. The molecule has 1 aliphatic rings. The van der Waals surface area contributed by atoms with Crippen molar-refractivity contribution < 1.29 is 14.0 Å². The SMILES string of the molecule is CN(C)C(=O)[C@@H](c1ccc(-c2ccc(F)cc2)cc1)[C@H](N)C(=O)N1CCC[C@H]1C#N. The summed E-state index contributed by atoms with van der Waals surface area (Å²) in [6.45, 7) is 0.469. The summed E-state index contributed by atoms with van der Waals surface area (Å²) >= 11 is 0. The standard InChI is InChI=1S/C23H25FN4O2/c1-27(2)22(29)20(21(26)23(30)28-13-3-4-19(28)14-25)17-7-5-15(6-8-17)16-9-11-18(24)12-10-16/h5-12,19-21H,3-4,13,26H2,1-2H3/t19-,20-,21-/m0/s1. The fourth-order valence-corrected chi connectivity index (χ4v) is 3.81. The van der Waals surface area contributed by atoms with Crippen LogP contribution in [0.3, 0.4) is 0 Å². The number of carbonyl (C=O) groups is 2. The lowest BCUT2D eigenvalue weighted by atomic mass is 9.88. The van der Waals surface area contributed by atoms with Crippen molar-refractivity contribution in [1.82, 2.24) is 9.80 Å². The van der Waals surface area contributed by atoms with Crippen LogP contribution < -0.4 is 5.73 Å². The molecule has 3 rings (SSSR count). The van der Waals surface area contributed by atoms with Crippen molar-refractivity contribution >= 4 is 11.8 Å². The predicted molar refractivity (Wildman–Crippen MR) is 112 cm³/mol. The summed E-state index contributed by atoms with van der Waals surface area (Å²) in [6.07, 6.45) is 1.36. The average Bonchev–Trinajstić information content (AvgIpc) is 3.23. The Morgan fingerprint density at radius 1 is 1.13 bits per heavy atom. The molecule has 0 aromatic heterocycles. The summed E-state index contributed by atoms with van der Waals surface area (Å²) in [5, 5.41) is 9.29. The molecule has 3 atom stereocenters. The Hall–Kier alpha value is -3.24. The number of halogens is 1. The highest BCUT2D eigenvalue weighted by atomic mass is 19.1. The number of nitrogens with two attached hydrogens (primary N) is 1. The van der Waals surface area contributed by atoms with Gasteiger partial charge in [-0.1, -0.05) is 36.4 Å². The molecule has 0 bridgehead atoms. The van der Waals surface area contributed by atoms with Gasteiger partial charge in [0.2, 0.25) is 11.8 Å². The Labute approximate surface area is 175 Å². The predicted octanol–water partition coefficient (Wildman–Crippen LogP) is 2.51. The molecule has 0 aliphatic carbocycles. The first-order valence-corrected chi connectivity index (χ1v) is 9.86. The second kappa shape index (κ2) is 9.06. The molecule has 2 aromatic carbocycles. The summed E-state index contributed by atoms with van der Waals surface area (Å²) < 4.78 is 13.2. The van der Waals surface area contributed by atoms with Gasteiger partial charge in [-0.25, -0.2) is 4.39 Å². The van der Waals surface area contributed by atoms with Crippen molar-refractivity contribution in [3.8, 4) is 17.2 Å². The fraction of sp³-hybridized carbons (Fsp3) is 0.348. The molecule has 0 radical (unpaired) electrons. The first-order chi connectivity index (χ1) is 14.3. The highest BCUT2D eigenvalue weighted by molar-refractivity contribution is 5.93. The van der Waals surface area contributed by atoms with Gasteiger partial charge in [0.05, 0.1) is 12.0 Å². The van der Waals surface area contributed by atoms with Crippen LogP contribution >= 0.6 is 0 Å². The van der Waals surface area contributed by atoms with Crippen molar-refractivity contribution in [1.29, 1.82) is 5.26 Å². The molecule has 2 aromatic rings. The van der Waals surface area contributed by atoms with Crippen LogP contribution in [-0.4, -0.2) is 54.3 Å². The van der Waals surface area contributed by atoms with E-state index >= 15 is 0 Å². The van der Waals surface area contributed by atoms with Gasteiger partial charge in [-0.3, -0.25) is 9.59 Å². The summed E-state index contributed by atoms with van der Waals surface area (Å²) in [5.41, 5.74) is 8.62. The molecule has 2 amide bonds.